The van der Waals surface area contributed by atoms with Crippen LogP contribution >= 0.6 is 15.9 Å². The van der Waals surface area contributed by atoms with E-state index in [1.807, 2.05) is 36.5 Å². The molecule has 0 saturated carbocycles. The van der Waals surface area contributed by atoms with Crippen LogP contribution in [-0.4, -0.2) is 4.57 Å². The van der Waals surface area contributed by atoms with Gasteiger partial charge < -0.3 is 10.3 Å². The standard InChI is InChI=1S/C14H11BrN2/c15-11-5-6-14(12(16)9-11)17-8-7-10-3-1-2-4-13(10)17/h1-9H,16H2. The van der Waals surface area contributed by atoms with E-state index in [2.05, 4.69) is 38.7 Å². The Kier molecular flexibility index (Phi) is 2.41. The van der Waals surface area contributed by atoms with Gasteiger partial charge in [-0.2, -0.15) is 0 Å². The van der Waals surface area contributed by atoms with Crippen LogP contribution in [0.5, 0.6) is 0 Å². The monoisotopic (exact) mass is 286 g/mol. The smallest absolute Gasteiger partial charge is 0.0686 e. The number of nitrogen functional groups attached to an aromatic ring is 1. The number of rotatable bonds is 1. The third-order valence-electron chi connectivity index (χ3n) is 2.85. The number of fused-ring (bicyclic) bond motifs is 1. The molecular formula is C14H11BrN2. The summed E-state index contributed by atoms with van der Waals surface area (Å²) in [6.45, 7) is 0. The van der Waals surface area contributed by atoms with Crippen molar-refractivity contribution in [3.8, 4) is 5.69 Å². The lowest BCUT2D eigenvalue weighted by molar-refractivity contribution is 1.13. The lowest BCUT2D eigenvalue weighted by Crippen LogP contribution is -1.97. The maximum Gasteiger partial charge on any atom is 0.0686 e. The number of halogens is 1. The van der Waals surface area contributed by atoms with Crippen LogP contribution < -0.4 is 5.73 Å². The van der Waals surface area contributed by atoms with Crippen LogP contribution in [0.3, 0.4) is 0 Å². The van der Waals surface area contributed by atoms with Gasteiger partial charge in [-0.05, 0) is 35.7 Å². The van der Waals surface area contributed by atoms with Gasteiger partial charge in [0, 0.05) is 10.7 Å². The summed E-state index contributed by atoms with van der Waals surface area (Å²) in [5, 5.41) is 1.22. The summed E-state index contributed by atoms with van der Waals surface area (Å²) in [6.07, 6.45) is 2.05. The lowest BCUT2D eigenvalue weighted by Gasteiger charge is -2.09. The van der Waals surface area contributed by atoms with E-state index in [-0.39, 0.29) is 0 Å². The number of nitrogens with two attached hydrogens (primary N) is 1. The van der Waals surface area contributed by atoms with Crippen molar-refractivity contribution in [3.63, 3.8) is 0 Å². The molecule has 1 aromatic heterocycles. The van der Waals surface area contributed by atoms with Gasteiger partial charge in [0.15, 0.2) is 0 Å². The van der Waals surface area contributed by atoms with Crippen molar-refractivity contribution < 1.29 is 0 Å². The molecule has 0 bridgehead atoms. The fourth-order valence-corrected chi connectivity index (χ4v) is 2.42. The van der Waals surface area contributed by atoms with Crippen LogP contribution in [0.2, 0.25) is 0 Å². The molecule has 84 valence electrons. The summed E-state index contributed by atoms with van der Waals surface area (Å²) in [4.78, 5) is 0. The van der Waals surface area contributed by atoms with Crippen molar-refractivity contribution in [1.82, 2.24) is 4.57 Å². The van der Waals surface area contributed by atoms with Gasteiger partial charge in [0.25, 0.3) is 0 Å². The lowest BCUT2D eigenvalue weighted by atomic mass is 10.2. The molecule has 0 atom stereocenters. The first kappa shape index (κ1) is 10.4. The summed E-state index contributed by atoms with van der Waals surface area (Å²) in [5.41, 5.74) is 8.99. The quantitative estimate of drug-likeness (QED) is 0.674. The van der Waals surface area contributed by atoms with E-state index in [4.69, 9.17) is 5.73 Å². The fraction of sp³-hybridized carbons (Fsp3) is 0. The van der Waals surface area contributed by atoms with E-state index in [1.54, 1.807) is 0 Å². The number of aromatic nitrogens is 1. The van der Waals surface area contributed by atoms with Crippen LogP contribution in [-0.2, 0) is 0 Å². The van der Waals surface area contributed by atoms with E-state index in [9.17, 15) is 0 Å². The third-order valence-corrected chi connectivity index (χ3v) is 3.34. The fourth-order valence-electron chi connectivity index (χ4n) is 2.04. The molecule has 0 spiro atoms. The van der Waals surface area contributed by atoms with Gasteiger partial charge in [-0.25, -0.2) is 0 Å². The van der Waals surface area contributed by atoms with Crippen LogP contribution in [0.4, 0.5) is 5.69 Å². The average Bonchev–Trinajstić information content (AvgIpc) is 2.73. The Bertz CT molecular complexity index is 686. The molecule has 0 fully saturated rings. The number of nitrogens with zero attached hydrogens (tertiary/aromatic N) is 1. The molecule has 0 aliphatic heterocycles. The van der Waals surface area contributed by atoms with Gasteiger partial charge in [-0.1, -0.05) is 34.1 Å². The van der Waals surface area contributed by atoms with Gasteiger partial charge in [0.05, 0.1) is 16.9 Å². The number of hydrogen-bond acceptors (Lipinski definition) is 1. The Hall–Kier alpha value is -1.74. The Morgan fingerprint density at radius 3 is 2.65 bits per heavy atom. The minimum Gasteiger partial charge on any atom is -0.397 e. The summed E-state index contributed by atoms with van der Waals surface area (Å²) in [6, 6.07) is 16.3. The average molecular weight is 287 g/mol. The molecule has 2 aromatic carbocycles. The molecular weight excluding hydrogens is 276 g/mol. The zero-order chi connectivity index (χ0) is 11.8. The second-order valence-electron chi connectivity index (χ2n) is 3.95. The normalized spacial score (nSPS) is 10.9. The molecule has 1 heterocycles. The first-order valence-electron chi connectivity index (χ1n) is 5.37. The topological polar surface area (TPSA) is 30.9 Å². The number of anilines is 1. The molecule has 2 N–H and O–H groups in total. The molecule has 0 saturated heterocycles. The maximum atomic E-state index is 6.05. The Labute approximate surface area is 108 Å². The molecule has 2 nitrogen and oxygen atoms in total. The molecule has 3 rings (SSSR count). The maximum absolute atomic E-state index is 6.05. The van der Waals surface area contributed by atoms with Crippen molar-refractivity contribution in [2.24, 2.45) is 0 Å². The van der Waals surface area contributed by atoms with Crippen LogP contribution in [0, 0.1) is 0 Å². The number of para-hydroxylation sites is 1. The molecule has 0 aliphatic carbocycles. The minimum atomic E-state index is 0.765. The van der Waals surface area contributed by atoms with Crippen molar-refractivity contribution in [3.05, 3.63) is 59.2 Å². The zero-order valence-corrected chi connectivity index (χ0v) is 10.7. The number of benzene rings is 2. The predicted octanol–water partition coefficient (Wildman–Crippen LogP) is 3.98. The van der Waals surface area contributed by atoms with Gasteiger partial charge in [-0.15, -0.1) is 0 Å². The third kappa shape index (κ3) is 1.72. The second-order valence-corrected chi connectivity index (χ2v) is 4.86. The van der Waals surface area contributed by atoms with E-state index < -0.39 is 0 Å². The number of hydrogen-bond donors (Lipinski definition) is 1. The van der Waals surface area contributed by atoms with Crippen molar-refractivity contribution >= 4 is 32.5 Å². The summed E-state index contributed by atoms with van der Waals surface area (Å²) < 4.78 is 3.10. The highest BCUT2D eigenvalue weighted by atomic mass is 79.9. The van der Waals surface area contributed by atoms with Gasteiger partial charge in [0.2, 0.25) is 0 Å². The molecule has 3 aromatic rings. The molecule has 0 aliphatic rings. The van der Waals surface area contributed by atoms with Crippen molar-refractivity contribution in [2.75, 3.05) is 5.73 Å². The van der Waals surface area contributed by atoms with Gasteiger partial charge in [0.1, 0.15) is 0 Å². The first-order valence-corrected chi connectivity index (χ1v) is 6.16. The highest BCUT2D eigenvalue weighted by Gasteiger charge is 2.05. The summed E-state index contributed by atoms with van der Waals surface area (Å²) in [7, 11) is 0. The van der Waals surface area contributed by atoms with E-state index in [0.29, 0.717) is 0 Å². The van der Waals surface area contributed by atoms with Crippen LogP contribution in [0.15, 0.2) is 59.2 Å². The Morgan fingerprint density at radius 1 is 1.00 bits per heavy atom. The molecule has 17 heavy (non-hydrogen) atoms. The predicted molar refractivity (Wildman–Crippen MR) is 75.4 cm³/mol. The van der Waals surface area contributed by atoms with Crippen LogP contribution in [0.1, 0.15) is 0 Å². The van der Waals surface area contributed by atoms with Gasteiger partial charge in [-0.3, -0.25) is 0 Å². The summed E-state index contributed by atoms with van der Waals surface area (Å²) >= 11 is 3.42. The van der Waals surface area contributed by atoms with Crippen molar-refractivity contribution in [2.45, 2.75) is 0 Å². The van der Waals surface area contributed by atoms with E-state index >= 15 is 0 Å². The first-order chi connectivity index (χ1) is 8.25. The Balaban J connectivity index is 2.27. The minimum absolute atomic E-state index is 0.765. The van der Waals surface area contributed by atoms with Gasteiger partial charge >= 0.3 is 0 Å². The molecule has 0 radical (unpaired) electrons. The SMILES string of the molecule is Nc1cc(Br)ccc1-n1ccc2ccccc21. The zero-order valence-electron chi connectivity index (χ0n) is 9.10. The van der Waals surface area contributed by atoms with E-state index in [0.717, 1.165) is 15.8 Å². The Morgan fingerprint density at radius 2 is 1.82 bits per heavy atom. The summed E-state index contributed by atoms with van der Waals surface area (Å²) in [5.74, 6) is 0. The van der Waals surface area contributed by atoms with Crippen molar-refractivity contribution in [1.29, 1.82) is 0 Å². The van der Waals surface area contributed by atoms with E-state index in [1.165, 1.54) is 10.9 Å². The second kappa shape index (κ2) is 3.93. The highest BCUT2D eigenvalue weighted by Crippen LogP contribution is 2.26. The molecule has 0 unspecified atom stereocenters. The molecule has 0 amide bonds. The largest absolute Gasteiger partial charge is 0.397 e. The highest BCUT2D eigenvalue weighted by molar-refractivity contribution is 9.10. The van der Waals surface area contributed by atoms with Crippen LogP contribution in [0.25, 0.3) is 16.6 Å². The molecule has 3 heteroatoms.